The summed E-state index contributed by atoms with van der Waals surface area (Å²) in [6.07, 6.45) is 4.23. The lowest BCUT2D eigenvalue weighted by Gasteiger charge is -2.29. The highest BCUT2D eigenvalue weighted by molar-refractivity contribution is 7.89. The number of pyridine rings is 1. The van der Waals surface area contributed by atoms with Crippen molar-refractivity contribution in [3.8, 4) is 11.5 Å². The molecule has 11 heteroatoms. The maximum Gasteiger partial charge on any atom is 0.309 e. The maximum atomic E-state index is 12.7. The zero-order chi connectivity index (χ0) is 23.3. The van der Waals surface area contributed by atoms with E-state index in [1.54, 1.807) is 24.3 Å². The van der Waals surface area contributed by atoms with Crippen molar-refractivity contribution in [1.29, 1.82) is 0 Å². The van der Waals surface area contributed by atoms with Crippen molar-refractivity contribution in [3.05, 3.63) is 42.7 Å². The molecule has 1 aromatic carbocycles. The average Bonchev–Trinajstić information content (AvgIpc) is 3.08. The van der Waals surface area contributed by atoms with Crippen LogP contribution >= 0.6 is 0 Å². The molecule has 2 aromatic rings. The predicted octanol–water partition coefficient (Wildman–Crippen LogP) is 1.83. The van der Waals surface area contributed by atoms with Gasteiger partial charge >= 0.3 is 5.97 Å². The van der Waals surface area contributed by atoms with E-state index in [9.17, 15) is 18.0 Å². The summed E-state index contributed by atoms with van der Waals surface area (Å²) in [6.45, 7) is 1.07. The number of amides is 1. The van der Waals surface area contributed by atoms with Gasteiger partial charge in [-0.25, -0.2) is 8.42 Å². The van der Waals surface area contributed by atoms with Crippen LogP contribution in [0.15, 0.2) is 47.6 Å². The molecule has 176 valence electrons. The SMILES string of the molecule is O=C(COC(=O)C1CCN(S(=O)(=O)c2cccnc2)CC1)Nc1ccc2c(c1)OCCCO2. The highest BCUT2D eigenvalue weighted by Gasteiger charge is 2.33. The van der Waals surface area contributed by atoms with Gasteiger partial charge in [-0.3, -0.25) is 14.6 Å². The Bertz CT molecular complexity index is 1100. The molecule has 33 heavy (non-hydrogen) atoms. The summed E-state index contributed by atoms with van der Waals surface area (Å²) < 4.78 is 43.0. The van der Waals surface area contributed by atoms with Crippen molar-refractivity contribution in [2.24, 2.45) is 5.92 Å². The molecule has 1 N–H and O–H groups in total. The molecule has 0 aliphatic carbocycles. The largest absolute Gasteiger partial charge is 0.490 e. The number of fused-ring (bicyclic) bond motifs is 1. The van der Waals surface area contributed by atoms with Crippen LogP contribution in [0.2, 0.25) is 0 Å². The summed E-state index contributed by atoms with van der Waals surface area (Å²) >= 11 is 0. The third-order valence-electron chi connectivity index (χ3n) is 5.44. The van der Waals surface area contributed by atoms with E-state index in [-0.39, 0.29) is 18.0 Å². The molecule has 1 fully saturated rings. The topological polar surface area (TPSA) is 124 Å². The molecule has 0 bridgehead atoms. The molecule has 10 nitrogen and oxygen atoms in total. The van der Waals surface area contributed by atoms with E-state index >= 15 is 0 Å². The van der Waals surface area contributed by atoms with Crippen LogP contribution in [0.1, 0.15) is 19.3 Å². The first kappa shape index (κ1) is 23.0. The number of nitrogens with zero attached hydrogens (tertiary/aromatic N) is 2. The van der Waals surface area contributed by atoms with Crippen LogP contribution in [-0.4, -0.2) is 62.5 Å². The van der Waals surface area contributed by atoms with Crippen molar-refractivity contribution in [2.45, 2.75) is 24.2 Å². The van der Waals surface area contributed by atoms with Gasteiger partial charge in [-0.1, -0.05) is 0 Å². The second kappa shape index (κ2) is 10.2. The molecule has 2 aliphatic rings. The van der Waals surface area contributed by atoms with E-state index < -0.39 is 34.4 Å². The fourth-order valence-corrected chi connectivity index (χ4v) is 5.11. The monoisotopic (exact) mass is 475 g/mol. The van der Waals surface area contributed by atoms with Gasteiger partial charge in [0.25, 0.3) is 5.91 Å². The van der Waals surface area contributed by atoms with Crippen LogP contribution in [0.5, 0.6) is 11.5 Å². The highest BCUT2D eigenvalue weighted by Crippen LogP contribution is 2.32. The number of esters is 1. The first-order valence-electron chi connectivity index (χ1n) is 10.7. The second-order valence-corrected chi connectivity index (χ2v) is 9.67. The van der Waals surface area contributed by atoms with Gasteiger partial charge in [0, 0.05) is 43.7 Å². The number of hydrogen-bond donors (Lipinski definition) is 1. The molecule has 1 aromatic heterocycles. The number of carbonyl (C=O) groups is 2. The van der Waals surface area contributed by atoms with E-state index in [4.69, 9.17) is 14.2 Å². The molecule has 0 saturated carbocycles. The number of ether oxygens (including phenoxy) is 3. The Balaban J connectivity index is 1.24. The smallest absolute Gasteiger partial charge is 0.309 e. The summed E-state index contributed by atoms with van der Waals surface area (Å²) in [5, 5.41) is 2.67. The zero-order valence-corrected chi connectivity index (χ0v) is 18.8. The fraction of sp³-hybridized carbons (Fsp3) is 0.409. The zero-order valence-electron chi connectivity index (χ0n) is 17.9. The minimum absolute atomic E-state index is 0.123. The number of nitrogens with one attached hydrogen (secondary N) is 1. The van der Waals surface area contributed by atoms with E-state index in [0.29, 0.717) is 43.2 Å². The molecule has 3 heterocycles. The first-order chi connectivity index (χ1) is 15.9. The Morgan fingerprint density at radius 2 is 1.88 bits per heavy atom. The number of hydrogen-bond acceptors (Lipinski definition) is 8. The summed E-state index contributed by atoms with van der Waals surface area (Å²) in [6, 6.07) is 8.12. The van der Waals surface area contributed by atoms with Crippen molar-refractivity contribution in [1.82, 2.24) is 9.29 Å². The van der Waals surface area contributed by atoms with Crippen LogP contribution in [0.25, 0.3) is 0 Å². The number of carbonyl (C=O) groups excluding carboxylic acids is 2. The minimum Gasteiger partial charge on any atom is -0.490 e. The van der Waals surface area contributed by atoms with Gasteiger partial charge in [0.15, 0.2) is 18.1 Å². The molecule has 1 saturated heterocycles. The lowest BCUT2D eigenvalue weighted by Crippen LogP contribution is -2.40. The second-order valence-electron chi connectivity index (χ2n) is 7.73. The number of rotatable bonds is 6. The van der Waals surface area contributed by atoms with Crippen molar-refractivity contribution < 1.29 is 32.2 Å². The quantitative estimate of drug-likeness (QED) is 0.628. The third-order valence-corrected chi connectivity index (χ3v) is 7.32. The average molecular weight is 476 g/mol. The van der Waals surface area contributed by atoms with Gasteiger partial charge < -0.3 is 19.5 Å². The minimum atomic E-state index is -3.65. The Hall–Kier alpha value is -3.18. The van der Waals surface area contributed by atoms with Gasteiger partial charge in [0.05, 0.1) is 19.1 Å². The van der Waals surface area contributed by atoms with E-state index in [2.05, 4.69) is 10.3 Å². The van der Waals surface area contributed by atoms with Crippen LogP contribution in [0.3, 0.4) is 0 Å². The lowest BCUT2D eigenvalue weighted by molar-refractivity contribution is -0.152. The van der Waals surface area contributed by atoms with Gasteiger partial charge in [-0.05, 0) is 37.1 Å². The van der Waals surface area contributed by atoms with Crippen LogP contribution in [0.4, 0.5) is 5.69 Å². The number of piperidine rings is 1. The van der Waals surface area contributed by atoms with Crippen LogP contribution < -0.4 is 14.8 Å². The number of anilines is 1. The van der Waals surface area contributed by atoms with Crippen LogP contribution in [0, 0.1) is 5.92 Å². The van der Waals surface area contributed by atoms with E-state index in [1.807, 2.05) is 0 Å². The summed E-state index contributed by atoms with van der Waals surface area (Å²) in [5.74, 6) is -0.281. The third kappa shape index (κ3) is 5.60. The Morgan fingerprint density at radius 1 is 1.12 bits per heavy atom. The number of aromatic nitrogens is 1. The van der Waals surface area contributed by atoms with Gasteiger partial charge in [0.1, 0.15) is 4.90 Å². The maximum absolute atomic E-state index is 12.7. The van der Waals surface area contributed by atoms with Gasteiger partial charge in [-0.15, -0.1) is 0 Å². The molecular formula is C22H25N3O7S. The van der Waals surface area contributed by atoms with E-state index in [1.165, 1.54) is 22.8 Å². The molecule has 0 atom stereocenters. The Morgan fingerprint density at radius 3 is 2.61 bits per heavy atom. The molecular weight excluding hydrogens is 450 g/mol. The molecule has 0 radical (unpaired) electrons. The first-order valence-corrected chi connectivity index (χ1v) is 12.1. The van der Waals surface area contributed by atoms with Crippen molar-refractivity contribution in [2.75, 3.05) is 38.2 Å². The van der Waals surface area contributed by atoms with Gasteiger partial charge in [0.2, 0.25) is 10.0 Å². The lowest BCUT2D eigenvalue weighted by atomic mass is 9.98. The van der Waals surface area contributed by atoms with E-state index in [0.717, 1.165) is 6.42 Å². The number of benzene rings is 1. The standard InChI is InChI=1S/C22H25N3O7S/c26-21(24-17-4-5-19-20(13-17)31-12-2-11-30-19)15-32-22(27)16-6-9-25(10-7-16)33(28,29)18-3-1-8-23-14-18/h1,3-5,8,13-14,16H,2,6-7,9-12,15H2,(H,24,26). The molecule has 1 amide bonds. The van der Waals surface area contributed by atoms with Crippen LogP contribution in [-0.2, 0) is 24.3 Å². The molecule has 2 aliphatic heterocycles. The fourth-order valence-electron chi connectivity index (χ4n) is 3.67. The van der Waals surface area contributed by atoms with Gasteiger partial charge in [-0.2, -0.15) is 4.31 Å². The number of sulfonamides is 1. The summed E-state index contributed by atoms with van der Waals surface area (Å²) in [5.41, 5.74) is 0.509. The van der Waals surface area contributed by atoms with Crippen molar-refractivity contribution >= 4 is 27.6 Å². The highest BCUT2D eigenvalue weighted by atomic mass is 32.2. The van der Waals surface area contributed by atoms with Crippen molar-refractivity contribution in [3.63, 3.8) is 0 Å². The molecule has 4 rings (SSSR count). The Kier molecular flexibility index (Phi) is 7.09. The summed E-state index contributed by atoms with van der Waals surface area (Å²) in [4.78, 5) is 28.6. The Labute approximate surface area is 191 Å². The predicted molar refractivity (Wildman–Crippen MR) is 117 cm³/mol. The summed E-state index contributed by atoms with van der Waals surface area (Å²) in [7, 11) is -3.65. The normalized spacial score (nSPS) is 17.1. The molecule has 0 unspecified atom stereocenters. The molecule has 0 spiro atoms.